The molecule has 0 amide bonds. The van der Waals surface area contributed by atoms with Crippen LogP contribution in [-0.2, 0) is 16.2 Å². The number of H-pyrrole nitrogens is 1. The van der Waals surface area contributed by atoms with E-state index in [1.165, 1.54) is 35.2 Å². The normalized spacial score (nSPS) is 12.2. The molecule has 0 aliphatic rings. The Morgan fingerprint density at radius 1 is 1.00 bits per heavy atom. The molecule has 5 rings (SSSR count). The van der Waals surface area contributed by atoms with Gasteiger partial charge in [-0.3, -0.25) is 4.72 Å². The molecule has 16 heteroatoms. The highest BCUT2D eigenvalue weighted by Crippen LogP contribution is 2.40. The van der Waals surface area contributed by atoms with Crippen molar-refractivity contribution in [2.45, 2.75) is 20.3 Å². The molecule has 2 aromatic heterocycles. The van der Waals surface area contributed by atoms with Gasteiger partial charge < -0.3 is 0 Å². The summed E-state index contributed by atoms with van der Waals surface area (Å²) < 4.78 is 68.0. The van der Waals surface area contributed by atoms with Crippen LogP contribution in [0.15, 0.2) is 68.7 Å². The van der Waals surface area contributed by atoms with E-state index in [-0.39, 0.29) is 10.7 Å². The molecule has 0 fully saturated rings. The van der Waals surface area contributed by atoms with Crippen LogP contribution in [0.25, 0.3) is 21.6 Å². The fourth-order valence-electron chi connectivity index (χ4n) is 3.22. The highest BCUT2D eigenvalue weighted by molar-refractivity contribution is 8.01. The van der Waals surface area contributed by atoms with E-state index in [0.29, 0.717) is 27.2 Å². The van der Waals surface area contributed by atoms with Gasteiger partial charge in [0.2, 0.25) is 0 Å². The molecule has 2 N–H and O–H groups in total. The fraction of sp³-hybridized carbons (Fsp3) is 0.0476. The minimum absolute atomic E-state index is 0.111. The third kappa shape index (κ3) is 5.52. The van der Waals surface area contributed by atoms with Crippen molar-refractivity contribution in [1.82, 2.24) is 25.6 Å². The van der Waals surface area contributed by atoms with Gasteiger partial charge in [-0.15, -0.1) is 16.4 Å². The van der Waals surface area contributed by atoms with Crippen molar-refractivity contribution >= 4 is 72.2 Å². The number of hydrogen-bond acceptors (Lipinski definition) is 8. The van der Waals surface area contributed by atoms with Crippen molar-refractivity contribution in [3.8, 4) is 11.4 Å². The predicted octanol–water partition coefficient (Wildman–Crippen LogP) is 6.75. The van der Waals surface area contributed by atoms with Gasteiger partial charge in [-0.05, 0) is 65.0 Å². The summed E-state index contributed by atoms with van der Waals surface area (Å²) in [5.74, 6) is 0.531. The van der Waals surface area contributed by atoms with Gasteiger partial charge in [0.25, 0.3) is 10.0 Å². The molecule has 3 aromatic carbocycles. The van der Waals surface area contributed by atoms with Gasteiger partial charge in [-0.2, -0.15) is 13.2 Å². The second-order valence-corrected chi connectivity index (χ2v) is 12.2. The molecular weight excluding hydrogens is 592 g/mol. The molecule has 0 spiro atoms. The number of fused-ring (bicyclic) bond motifs is 1. The van der Waals surface area contributed by atoms with Crippen LogP contribution < -0.4 is 4.72 Å². The number of sulfonamides is 1. The second-order valence-electron chi connectivity index (χ2n) is 7.41. The smallest absolute Gasteiger partial charge is 0.280 e. The van der Waals surface area contributed by atoms with E-state index < -0.39 is 31.7 Å². The Hall–Kier alpha value is -2.91. The van der Waals surface area contributed by atoms with Crippen LogP contribution in [0.4, 0.5) is 18.9 Å². The molecule has 37 heavy (non-hydrogen) atoms. The monoisotopic (exact) mass is 602 g/mol. The lowest BCUT2D eigenvalue weighted by Gasteiger charge is -2.13. The van der Waals surface area contributed by atoms with Crippen LogP contribution in [-0.4, -0.2) is 34.0 Å². The standard InChI is InChI=1S/C21H11Cl2F3N6O2S3/c22-13-9-12(30-37(33,34)18-6-2-11(8-14(18)23)21(24,25)26)3-5-16(13)35-20-27-15-4-1-10(7-17(15)36-20)19-28-31-32-29-19/h1-9,30H,(H,28,29,31,32). The molecule has 8 nitrogen and oxygen atoms in total. The molecule has 190 valence electrons. The van der Waals surface area contributed by atoms with E-state index in [1.807, 2.05) is 18.2 Å². The molecule has 0 aliphatic heterocycles. The zero-order valence-corrected chi connectivity index (χ0v) is 21.9. The number of nitrogens with zero attached hydrogens (tertiary/aromatic N) is 4. The lowest BCUT2D eigenvalue weighted by molar-refractivity contribution is -0.137. The van der Waals surface area contributed by atoms with Crippen molar-refractivity contribution in [1.29, 1.82) is 0 Å². The third-order valence-electron chi connectivity index (χ3n) is 4.92. The van der Waals surface area contributed by atoms with Crippen LogP contribution in [0.1, 0.15) is 5.56 Å². The van der Waals surface area contributed by atoms with E-state index in [1.54, 1.807) is 6.07 Å². The van der Waals surface area contributed by atoms with E-state index in [4.69, 9.17) is 23.2 Å². The summed E-state index contributed by atoms with van der Waals surface area (Å²) in [4.78, 5) is 4.71. The highest BCUT2D eigenvalue weighted by Gasteiger charge is 2.32. The second kappa shape index (κ2) is 9.76. The lowest BCUT2D eigenvalue weighted by Crippen LogP contribution is -2.14. The number of alkyl halides is 3. The van der Waals surface area contributed by atoms with E-state index >= 15 is 0 Å². The Kier molecular flexibility index (Phi) is 6.79. The summed E-state index contributed by atoms with van der Waals surface area (Å²) in [5.41, 5.74) is 0.639. The quantitative estimate of drug-likeness (QED) is 0.221. The van der Waals surface area contributed by atoms with Crippen LogP contribution >= 0.6 is 46.3 Å². The number of benzene rings is 3. The Balaban J connectivity index is 1.34. The fourth-order valence-corrected chi connectivity index (χ4v) is 7.18. The number of halogens is 5. The summed E-state index contributed by atoms with van der Waals surface area (Å²) in [5, 5.41) is 13.4. The average molecular weight is 603 g/mol. The highest BCUT2D eigenvalue weighted by atomic mass is 35.5. The number of aromatic nitrogens is 5. The summed E-state index contributed by atoms with van der Waals surface area (Å²) in [6.07, 6.45) is -4.65. The van der Waals surface area contributed by atoms with Crippen molar-refractivity contribution in [3.05, 3.63) is 70.2 Å². The van der Waals surface area contributed by atoms with Gasteiger partial charge in [-0.25, -0.2) is 18.5 Å². The Morgan fingerprint density at radius 3 is 2.49 bits per heavy atom. The van der Waals surface area contributed by atoms with Gasteiger partial charge in [0.15, 0.2) is 10.2 Å². The molecule has 5 aromatic rings. The summed E-state index contributed by atoms with van der Waals surface area (Å²) in [6, 6.07) is 12.1. The van der Waals surface area contributed by atoms with Crippen LogP contribution in [0.2, 0.25) is 10.0 Å². The Morgan fingerprint density at radius 2 is 1.81 bits per heavy atom. The zero-order chi connectivity index (χ0) is 26.4. The number of hydrogen-bond donors (Lipinski definition) is 2. The minimum atomic E-state index is -4.65. The SMILES string of the molecule is O=S(=O)(Nc1ccc(Sc2nc3ccc(-c4nnn[nH]4)cc3s2)c(Cl)c1)c1ccc(C(F)(F)F)cc1Cl. The predicted molar refractivity (Wildman–Crippen MR) is 136 cm³/mol. The minimum Gasteiger partial charge on any atom is -0.280 e. The molecule has 0 saturated carbocycles. The van der Waals surface area contributed by atoms with Crippen molar-refractivity contribution in [2.75, 3.05) is 4.72 Å². The first kappa shape index (κ1) is 25.7. The van der Waals surface area contributed by atoms with Crippen molar-refractivity contribution < 1.29 is 21.6 Å². The topological polar surface area (TPSA) is 114 Å². The molecule has 0 saturated heterocycles. The van der Waals surface area contributed by atoms with Gasteiger partial charge >= 0.3 is 6.18 Å². The number of rotatable bonds is 6. The average Bonchev–Trinajstić information content (AvgIpc) is 3.49. The number of anilines is 1. The van der Waals surface area contributed by atoms with E-state index in [0.717, 1.165) is 21.8 Å². The molecule has 0 atom stereocenters. The number of nitrogens with one attached hydrogen (secondary N) is 2. The maximum atomic E-state index is 12.9. The molecule has 0 bridgehead atoms. The van der Waals surface area contributed by atoms with Crippen LogP contribution in [0, 0.1) is 0 Å². The van der Waals surface area contributed by atoms with Gasteiger partial charge in [0, 0.05) is 10.5 Å². The van der Waals surface area contributed by atoms with E-state index in [9.17, 15) is 21.6 Å². The molecule has 0 aliphatic carbocycles. The first-order valence-electron chi connectivity index (χ1n) is 10.0. The molecule has 2 heterocycles. The van der Waals surface area contributed by atoms with Crippen LogP contribution in [0.3, 0.4) is 0 Å². The summed E-state index contributed by atoms with van der Waals surface area (Å²) >= 11 is 15.0. The Labute approximate surface area is 225 Å². The molecular formula is C21H11Cl2F3N6O2S3. The van der Waals surface area contributed by atoms with Gasteiger partial charge in [0.05, 0.1) is 31.5 Å². The maximum absolute atomic E-state index is 12.9. The van der Waals surface area contributed by atoms with E-state index in [2.05, 4.69) is 30.3 Å². The van der Waals surface area contributed by atoms with Crippen molar-refractivity contribution in [2.24, 2.45) is 0 Å². The van der Waals surface area contributed by atoms with Crippen LogP contribution in [0.5, 0.6) is 0 Å². The maximum Gasteiger partial charge on any atom is 0.416 e. The van der Waals surface area contributed by atoms with Crippen molar-refractivity contribution in [3.63, 3.8) is 0 Å². The largest absolute Gasteiger partial charge is 0.416 e. The summed E-state index contributed by atoms with van der Waals surface area (Å²) in [7, 11) is -4.28. The summed E-state index contributed by atoms with van der Waals surface area (Å²) in [6.45, 7) is 0. The number of tetrazole rings is 1. The first-order valence-corrected chi connectivity index (χ1v) is 13.9. The number of thiazole rings is 1. The molecule has 0 unspecified atom stereocenters. The van der Waals surface area contributed by atoms with Gasteiger partial charge in [0.1, 0.15) is 4.90 Å². The van der Waals surface area contributed by atoms with Gasteiger partial charge in [-0.1, -0.05) is 35.0 Å². The molecule has 0 radical (unpaired) electrons. The Bertz CT molecular complexity index is 1730. The first-order chi connectivity index (χ1) is 17.5. The lowest BCUT2D eigenvalue weighted by atomic mass is 10.2. The number of aromatic amines is 1. The third-order valence-corrected chi connectivity index (χ3v) is 9.36. The zero-order valence-electron chi connectivity index (χ0n) is 17.9.